The van der Waals surface area contributed by atoms with E-state index in [0.29, 0.717) is 29.0 Å². The molecule has 116 valence electrons. The first-order valence-corrected chi connectivity index (χ1v) is 9.24. The van der Waals surface area contributed by atoms with Crippen molar-refractivity contribution < 1.29 is 13.2 Å². The van der Waals surface area contributed by atoms with Crippen molar-refractivity contribution in [3.8, 4) is 0 Å². The molecule has 2 rings (SSSR count). The first kappa shape index (κ1) is 16.2. The molecular weight excluding hydrogens is 312 g/mol. The lowest BCUT2D eigenvalue weighted by Crippen LogP contribution is -2.48. The molecule has 1 N–H and O–H groups in total. The molecule has 0 aromatic carbocycles. The van der Waals surface area contributed by atoms with Gasteiger partial charge in [0.15, 0.2) is 9.84 Å². The molecule has 1 fully saturated rings. The Bertz CT molecular complexity index is 646. The van der Waals surface area contributed by atoms with Crippen LogP contribution in [0, 0.1) is 6.92 Å². The summed E-state index contributed by atoms with van der Waals surface area (Å²) in [6.07, 6.45) is 7.23. The van der Waals surface area contributed by atoms with Gasteiger partial charge in [0.1, 0.15) is 0 Å². The van der Waals surface area contributed by atoms with Gasteiger partial charge in [-0.25, -0.2) is 8.42 Å². The van der Waals surface area contributed by atoms with Gasteiger partial charge in [-0.1, -0.05) is 24.4 Å². The van der Waals surface area contributed by atoms with Crippen molar-refractivity contribution >= 4 is 27.3 Å². The molecule has 1 aliphatic carbocycles. The normalized spacial score (nSPS) is 22.8. The Morgan fingerprint density at radius 2 is 2.00 bits per heavy atom. The van der Waals surface area contributed by atoms with E-state index in [4.69, 9.17) is 11.6 Å². The number of aromatic nitrogens is 1. The summed E-state index contributed by atoms with van der Waals surface area (Å²) < 4.78 is 23.7. The fourth-order valence-electron chi connectivity index (χ4n) is 2.75. The van der Waals surface area contributed by atoms with E-state index in [1.54, 1.807) is 6.92 Å². The van der Waals surface area contributed by atoms with Gasteiger partial charge >= 0.3 is 0 Å². The summed E-state index contributed by atoms with van der Waals surface area (Å²) in [5.41, 5.74) is 1.04. The maximum absolute atomic E-state index is 12.4. The van der Waals surface area contributed by atoms with Crippen LogP contribution in [0.1, 0.15) is 41.6 Å². The van der Waals surface area contributed by atoms with E-state index in [1.165, 1.54) is 18.6 Å². The lowest BCUT2D eigenvalue weighted by Gasteiger charge is -2.31. The Labute approximate surface area is 130 Å². The van der Waals surface area contributed by atoms with E-state index in [2.05, 4.69) is 10.3 Å². The highest BCUT2D eigenvalue weighted by Crippen LogP contribution is 2.25. The molecule has 0 bridgehead atoms. The number of sulfone groups is 1. The number of rotatable bonds is 3. The van der Waals surface area contributed by atoms with Crippen molar-refractivity contribution in [2.24, 2.45) is 0 Å². The number of nitrogens with one attached hydrogen (secondary N) is 1. The molecule has 21 heavy (non-hydrogen) atoms. The zero-order chi connectivity index (χ0) is 15.6. The first-order chi connectivity index (χ1) is 9.80. The van der Waals surface area contributed by atoms with Gasteiger partial charge in [-0.15, -0.1) is 0 Å². The lowest BCUT2D eigenvalue weighted by molar-refractivity contribution is 0.0928. The smallest absolute Gasteiger partial charge is 0.253 e. The zero-order valence-electron chi connectivity index (χ0n) is 12.1. The lowest BCUT2D eigenvalue weighted by atomic mass is 9.94. The summed E-state index contributed by atoms with van der Waals surface area (Å²) in [6, 6.07) is -0.348. The van der Waals surface area contributed by atoms with Crippen LogP contribution in [0.5, 0.6) is 0 Å². The van der Waals surface area contributed by atoms with Gasteiger partial charge in [-0.05, 0) is 25.3 Å². The molecule has 1 aromatic rings. The minimum atomic E-state index is -3.18. The first-order valence-electron chi connectivity index (χ1n) is 6.90. The zero-order valence-corrected chi connectivity index (χ0v) is 13.7. The fourth-order valence-corrected chi connectivity index (χ4v) is 4.30. The predicted octanol–water partition coefficient (Wildman–Crippen LogP) is 2.13. The molecule has 7 heteroatoms. The average Bonchev–Trinajstić information content (AvgIpc) is 2.41. The van der Waals surface area contributed by atoms with Crippen LogP contribution >= 0.6 is 11.6 Å². The Balaban J connectivity index is 2.19. The molecule has 0 spiro atoms. The summed E-state index contributed by atoms with van der Waals surface area (Å²) in [5.74, 6) is -0.317. The fraction of sp³-hybridized carbons (Fsp3) is 0.571. The minimum Gasteiger partial charge on any atom is -0.348 e. The van der Waals surface area contributed by atoms with Crippen molar-refractivity contribution in [3.63, 3.8) is 0 Å². The largest absolute Gasteiger partial charge is 0.348 e. The third-order valence-electron chi connectivity index (χ3n) is 3.97. The van der Waals surface area contributed by atoms with Gasteiger partial charge in [0, 0.05) is 24.7 Å². The Morgan fingerprint density at radius 3 is 2.67 bits per heavy atom. The summed E-state index contributed by atoms with van der Waals surface area (Å²) in [4.78, 5) is 16.3. The molecule has 2 atom stereocenters. The topological polar surface area (TPSA) is 76.1 Å². The van der Waals surface area contributed by atoms with Gasteiger partial charge in [0.25, 0.3) is 5.91 Å². The maximum Gasteiger partial charge on any atom is 0.253 e. The van der Waals surface area contributed by atoms with Gasteiger partial charge < -0.3 is 5.32 Å². The van der Waals surface area contributed by atoms with E-state index < -0.39 is 15.1 Å². The summed E-state index contributed by atoms with van der Waals surface area (Å²) >= 11 is 5.96. The number of hydrogen-bond acceptors (Lipinski definition) is 4. The number of nitrogens with zero attached hydrogens (tertiary/aromatic N) is 1. The van der Waals surface area contributed by atoms with Gasteiger partial charge in [0.2, 0.25) is 0 Å². The number of amides is 1. The van der Waals surface area contributed by atoms with Crippen LogP contribution in [0.25, 0.3) is 0 Å². The average molecular weight is 331 g/mol. The highest BCUT2D eigenvalue weighted by Gasteiger charge is 2.34. The number of carbonyl (C=O) groups is 1. The van der Waals surface area contributed by atoms with Crippen LogP contribution in [-0.4, -0.2) is 36.9 Å². The Kier molecular flexibility index (Phi) is 4.88. The quantitative estimate of drug-likeness (QED) is 0.921. The third kappa shape index (κ3) is 3.74. The van der Waals surface area contributed by atoms with Gasteiger partial charge in [-0.2, -0.15) is 0 Å². The summed E-state index contributed by atoms with van der Waals surface area (Å²) in [5, 5.41) is 2.75. The molecule has 5 nitrogen and oxygen atoms in total. The molecule has 1 amide bonds. The van der Waals surface area contributed by atoms with Crippen LogP contribution in [0.2, 0.25) is 5.02 Å². The molecule has 1 saturated carbocycles. The van der Waals surface area contributed by atoms with Crippen molar-refractivity contribution in [1.29, 1.82) is 0 Å². The highest BCUT2D eigenvalue weighted by atomic mass is 35.5. The summed E-state index contributed by atoms with van der Waals surface area (Å²) in [7, 11) is -3.18. The van der Waals surface area contributed by atoms with E-state index in [-0.39, 0.29) is 11.9 Å². The molecule has 0 unspecified atom stereocenters. The van der Waals surface area contributed by atoms with E-state index in [1.807, 2.05) is 0 Å². The molecular formula is C14H19ClN2O3S. The maximum atomic E-state index is 12.4. The standard InChI is InChI=1S/C14H19ClN2O3S/c1-9-10(7-16-8-11(9)15)14(18)17-12-5-3-4-6-13(12)21(2,19)20/h7-8,12-13H,3-6H2,1-2H3,(H,17,18)/t12-,13-/m1/s1. The van der Waals surface area contributed by atoms with E-state index in [0.717, 1.165) is 12.8 Å². The SMILES string of the molecule is Cc1c(Cl)cncc1C(=O)N[C@@H]1CCCC[C@H]1S(C)(=O)=O. The highest BCUT2D eigenvalue weighted by molar-refractivity contribution is 7.91. The van der Waals surface area contributed by atoms with Crippen molar-refractivity contribution in [2.45, 2.75) is 43.9 Å². The predicted molar refractivity (Wildman–Crippen MR) is 82.3 cm³/mol. The van der Waals surface area contributed by atoms with Crippen molar-refractivity contribution in [3.05, 3.63) is 28.5 Å². The second-order valence-corrected chi connectivity index (χ2v) is 8.20. The number of hydrogen-bond donors (Lipinski definition) is 1. The molecule has 1 aliphatic rings. The van der Waals surface area contributed by atoms with Crippen LogP contribution in [0.4, 0.5) is 0 Å². The van der Waals surface area contributed by atoms with Crippen LogP contribution in [0.15, 0.2) is 12.4 Å². The second-order valence-electron chi connectivity index (χ2n) is 5.53. The molecule has 0 aliphatic heterocycles. The molecule has 1 heterocycles. The van der Waals surface area contributed by atoms with Gasteiger partial charge in [0.05, 0.1) is 15.8 Å². The molecule has 0 radical (unpaired) electrons. The molecule has 0 saturated heterocycles. The van der Waals surface area contributed by atoms with E-state index in [9.17, 15) is 13.2 Å². The van der Waals surface area contributed by atoms with Crippen molar-refractivity contribution in [2.75, 3.05) is 6.26 Å². The van der Waals surface area contributed by atoms with Crippen LogP contribution < -0.4 is 5.32 Å². The summed E-state index contributed by atoms with van der Waals surface area (Å²) in [6.45, 7) is 1.74. The number of carbonyl (C=O) groups excluding carboxylic acids is 1. The minimum absolute atomic E-state index is 0.317. The second kappa shape index (κ2) is 6.32. The number of pyridine rings is 1. The third-order valence-corrected chi connectivity index (χ3v) is 6.01. The van der Waals surface area contributed by atoms with Gasteiger partial charge in [-0.3, -0.25) is 9.78 Å². The molecule has 1 aromatic heterocycles. The van der Waals surface area contributed by atoms with Crippen LogP contribution in [0.3, 0.4) is 0 Å². The monoisotopic (exact) mass is 330 g/mol. The number of halogens is 1. The Hall–Kier alpha value is -1.14. The van der Waals surface area contributed by atoms with E-state index >= 15 is 0 Å². The van der Waals surface area contributed by atoms with Crippen molar-refractivity contribution in [1.82, 2.24) is 10.3 Å². The van der Waals surface area contributed by atoms with Crippen LogP contribution in [-0.2, 0) is 9.84 Å². The Morgan fingerprint density at radius 1 is 1.33 bits per heavy atom.